The van der Waals surface area contributed by atoms with E-state index in [4.69, 9.17) is 10.5 Å². The molecule has 0 aliphatic carbocycles. The van der Waals surface area contributed by atoms with Crippen LogP contribution in [0.4, 0.5) is 0 Å². The summed E-state index contributed by atoms with van der Waals surface area (Å²) >= 11 is 0. The van der Waals surface area contributed by atoms with Crippen LogP contribution < -0.4 is 32.3 Å². The molecule has 0 fully saturated rings. The number of benzene rings is 3. The van der Waals surface area contributed by atoms with Crippen molar-refractivity contribution in [3.63, 3.8) is 0 Å². The largest absolute Gasteiger partial charge is 0.467 e. The lowest BCUT2D eigenvalue weighted by molar-refractivity contribution is -0.146. The highest BCUT2D eigenvalue weighted by Crippen LogP contribution is 2.21. The molecule has 0 aliphatic heterocycles. The Kier molecular flexibility index (Phi) is 19.0. The van der Waals surface area contributed by atoms with E-state index in [0.717, 1.165) is 21.9 Å². The van der Waals surface area contributed by atoms with Crippen LogP contribution >= 0.6 is 0 Å². The number of hydrogen-bond donors (Lipinski definition) is 6. The molecule has 0 aromatic heterocycles. The number of fused-ring (bicyclic) bond motifs is 1. The van der Waals surface area contributed by atoms with Gasteiger partial charge in [0, 0.05) is 31.3 Å². The highest BCUT2D eigenvalue weighted by molar-refractivity contribution is 5.94. The van der Waals surface area contributed by atoms with Gasteiger partial charge in [0.05, 0.1) is 7.11 Å². The van der Waals surface area contributed by atoms with Crippen molar-refractivity contribution in [3.8, 4) is 0 Å². The maximum atomic E-state index is 14.1. The quantitative estimate of drug-likeness (QED) is 0.0806. The van der Waals surface area contributed by atoms with Gasteiger partial charge in [0.15, 0.2) is 0 Å². The van der Waals surface area contributed by atoms with Gasteiger partial charge in [-0.1, -0.05) is 128 Å². The lowest BCUT2D eigenvalue weighted by atomic mass is 9.94. The fourth-order valence-electron chi connectivity index (χ4n) is 6.95. The third kappa shape index (κ3) is 15.4. The molecule has 7 N–H and O–H groups in total. The number of nitrogens with one attached hydrogen (secondary N) is 5. The van der Waals surface area contributed by atoms with Gasteiger partial charge in [0.2, 0.25) is 29.5 Å². The van der Waals surface area contributed by atoms with E-state index in [2.05, 4.69) is 26.6 Å². The minimum absolute atomic E-state index is 0.0954. The van der Waals surface area contributed by atoms with Gasteiger partial charge in [0.1, 0.15) is 24.2 Å². The van der Waals surface area contributed by atoms with Crippen LogP contribution in [0, 0.1) is 23.7 Å². The van der Waals surface area contributed by atoms with Gasteiger partial charge >= 0.3 is 5.97 Å². The van der Waals surface area contributed by atoms with Gasteiger partial charge in [-0.3, -0.25) is 24.0 Å². The van der Waals surface area contributed by atoms with E-state index in [0.29, 0.717) is 6.42 Å². The number of rotatable bonds is 22. The Hall–Kier alpha value is -5.30. The van der Waals surface area contributed by atoms with Crippen LogP contribution in [-0.2, 0) is 46.3 Å². The van der Waals surface area contributed by atoms with E-state index < -0.39 is 65.8 Å². The SMILES string of the molecule is COC(=O)[C@@H](NC(=O)C(Cc1cccc2ccccc12)NC(=O)C[C@H](N)[C@H](Cc1ccccc1)NC(=O)[C@@H](NC(=O)[C@H](CC(C)C)NC(=O)CC(C)C)C(C)C)C(C)C. The molecule has 5 amide bonds. The van der Waals surface area contributed by atoms with E-state index >= 15 is 0 Å². The standard InChI is InChI=1S/C46H66N6O7/c1-27(2)22-37(48-39(53)23-28(3)4)43(55)51-41(29(5)6)45(57)50-36(24-31-16-11-10-12-17-31)35(47)26-40(54)49-38(44(56)52-42(30(7)8)46(58)59-9)25-33-20-15-19-32-18-13-14-21-34(32)33/h10-21,27-30,35-38,41-42H,22-26,47H2,1-9H3,(H,48,53)(H,49,54)(H,50,57)(H,51,55)(H,52,56)/t35-,36-,37-,38?,41-,42-/m0/s1. The molecule has 0 saturated heterocycles. The molecule has 0 bridgehead atoms. The zero-order valence-corrected chi connectivity index (χ0v) is 36.2. The summed E-state index contributed by atoms with van der Waals surface area (Å²) < 4.78 is 4.95. The second-order valence-electron chi connectivity index (χ2n) is 17.0. The number of methoxy groups -OCH3 is 1. The van der Waals surface area contributed by atoms with Crippen molar-refractivity contribution < 1.29 is 33.5 Å². The average molecular weight is 815 g/mol. The van der Waals surface area contributed by atoms with Gasteiger partial charge < -0.3 is 37.1 Å². The number of amides is 5. The molecule has 1 unspecified atom stereocenters. The van der Waals surface area contributed by atoms with Gasteiger partial charge in [-0.15, -0.1) is 0 Å². The number of ether oxygens (including phenoxy) is 1. The molecule has 322 valence electrons. The summed E-state index contributed by atoms with van der Waals surface area (Å²) in [5, 5.41) is 16.3. The predicted molar refractivity (Wildman–Crippen MR) is 231 cm³/mol. The summed E-state index contributed by atoms with van der Waals surface area (Å²) in [6, 6.07) is 17.3. The summed E-state index contributed by atoms with van der Waals surface area (Å²) in [6.45, 7) is 14.9. The Morgan fingerprint density at radius 3 is 1.75 bits per heavy atom. The summed E-state index contributed by atoms with van der Waals surface area (Å²) in [4.78, 5) is 80.9. The molecule has 6 atom stereocenters. The first-order chi connectivity index (χ1) is 27.9. The predicted octanol–water partition coefficient (Wildman–Crippen LogP) is 4.34. The summed E-state index contributed by atoms with van der Waals surface area (Å²) in [5.74, 6) is -3.32. The molecule has 0 spiro atoms. The van der Waals surface area contributed by atoms with Crippen LogP contribution in [0.3, 0.4) is 0 Å². The lowest BCUT2D eigenvalue weighted by Gasteiger charge is -2.30. The Bertz CT molecular complexity index is 1860. The van der Waals surface area contributed by atoms with E-state index in [1.54, 1.807) is 13.8 Å². The van der Waals surface area contributed by atoms with E-state index in [-0.39, 0.29) is 55.3 Å². The summed E-state index contributed by atoms with van der Waals surface area (Å²) in [7, 11) is 1.25. The molecule has 59 heavy (non-hydrogen) atoms. The van der Waals surface area contributed by atoms with Crippen LogP contribution in [0.15, 0.2) is 72.8 Å². The van der Waals surface area contributed by atoms with Crippen LogP contribution in [0.1, 0.15) is 85.8 Å². The number of esters is 1. The summed E-state index contributed by atoms with van der Waals surface area (Å²) in [6.07, 6.45) is 0.785. The van der Waals surface area contributed by atoms with Gasteiger partial charge in [-0.05, 0) is 58.4 Å². The van der Waals surface area contributed by atoms with Crippen molar-refractivity contribution in [1.82, 2.24) is 26.6 Å². The topological polar surface area (TPSA) is 198 Å². The van der Waals surface area contributed by atoms with Crippen molar-refractivity contribution in [2.24, 2.45) is 29.4 Å². The zero-order chi connectivity index (χ0) is 43.8. The first kappa shape index (κ1) is 48.1. The minimum atomic E-state index is -1.09. The van der Waals surface area contributed by atoms with Crippen molar-refractivity contribution in [2.75, 3.05) is 7.11 Å². The monoisotopic (exact) mass is 814 g/mol. The molecular formula is C46H66N6O7. The molecule has 3 rings (SSSR count). The fraction of sp³-hybridized carbons (Fsp3) is 0.522. The zero-order valence-electron chi connectivity index (χ0n) is 36.2. The van der Waals surface area contributed by atoms with E-state index in [1.807, 2.05) is 114 Å². The van der Waals surface area contributed by atoms with Crippen molar-refractivity contribution in [3.05, 3.63) is 83.9 Å². The molecule has 13 heteroatoms. The highest BCUT2D eigenvalue weighted by Gasteiger charge is 2.34. The van der Waals surface area contributed by atoms with Gasteiger partial charge in [-0.2, -0.15) is 0 Å². The molecule has 0 aliphatic rings. The van der Waals surface area contributed by atoms with Gasteiger partial charge in [-0.25, -0.2) is 4.79 Å². The number of hydrogen-bond acceptors (Lipinski definition) is 8. The third-order valence-electron chi connectivity index (χ3n) is 10.1. The Labute approximate surface area is 349 Å². The van der Waals surface area contributed by atoms with Crippen LogP contribution in [0.2, 0.25) is 0 Å². The second kappa shape index (κ2) is 23.3. The van der Waals surface area contributed by atoms with Crippen LogP contribution in [0.5, 0.6) is 0 Å². The van der Waals surface area contributed by atoms with E-state index in [9.17, 15) is 28.8 Å². The van der Waals surface area contributed by atoms with Crippen molar-refractivity contribution >= 4 is 46.3 Å². The summed E-state index contributed by atoms with van der Waals surface area (Å²) in [5.41, 5.74) is 8.45. The molecular weight excluding hydrogens is 749 g/mol. The Morgan fingerprint density at radius 1 is 0.576 bits per heavy atom. The maximum Gasteiger partial charge on any atom is 0.328 e. The van der Waals surface area contributed by atoms with Gasteiger partial charge in [0.25, 0.3) is 0 Å². The average Bonchev–Trinajstić information content (AvgIpc) is 3.17. The minimum Gasteiger partial charge on any atom is -0.467 e. The number of nitrogens with two attached hydrogens (primary N) is 1. The normalized spacial score (nSPS) is 14.5. The smallest absolute Gasteiger partial charge is 0.328 e. The number of carbonyl (C=O) groups is 6. The van der Waals surface area contributed by atoms with Crippen molar-refractivity contribution in [1.29, 1.82) is 0 Å². The highest BCUT2D eigenvalue weighted by atomic mass is 16.5. The lowest BCUT2D eigenvalue weighted by Crippen LogP contribution is -2.59. The maximum absolute atomic E-state index is 14.1. The first-order valence-electron chi connectivity index (χ1n) is 20.7. The second-order valence-corrected chi connectivity index (χ2v) is 17.0. The van der Waals surface area contributed by atoms with Crippen LogP contribution in [0.25, 0.3) is 10.8 Å². The first-order valence-corrected chi connectivity index (χ1v) is 20.7. The molecule has 0 saturated carbocycles. The van der Waals surface area contributed by atoms with Crippen molar-refractivity contribution in [2.45, 2.75) is 124 Å². The van der Waals surface area contributed by atoms with Crippen LogP contribution in [-0.4, -0.2) is 78.9 Å². The van der Waals surface area contributed by atoms with E-state index in [1.165, 1.54) is 7.11 Å². The number of carbonyl (C=O) groups excluding carboxylic acids is 6. The fourth-order valence-corrected chi connectivity index (χ4v) is 6.95. The molecule has 0 radical (unpaired) electrons. The Balaban J connectivity index is 1.87. The molecule has 3 aromatic rings. The molecule has 3 aromatic carbocycles. The third-order valence-corrected chi connectivity index (χ3v) is 10.1. The molecule has 13 nitrogen and oxygen atoms in total. The molecule has 0 heterocycles. The Morgan fingerprint density at radius 2 is 1.14 bits per heavy atom.